The third kappa shape index (κ3) is 4.71. The number of halogens is 1. The van der Waals surface area contributed by atoms with Crippen LogP contribution in [-0.4, -0.2) is 22.1 Å². The largest absolute Gasteiger partial charge is 0.351 e. The number of pyridine rings is 1. The van der Waals surface area contributed by atoms with Crippen molar-refractivity contribution in [1.29, 1.82) is 0 Å². The molecule has 1 unspecified atom stereocenters. The molecule has 0 aliphatic carbocycles. The van der Waals surface area contributed by atoms with E-state index >= 15 is 0 Å². The van der Waals surface area contributed by atoms with Crippen molar-refractivity contribution in [2.24, 2.45) is 0 Å². The molecular weight excluding hydrogens is 199 g/mol. The Morgan fingerprint density at radius 1 is 1.47 bits per heavy atom. The number of anilines is 1. The fourth-order valence-electron chi connectivity index (χ4n) is 0.968. The highest BCUT2D eigenvalue weighted by molar-refractivity contribution is 5.39. The second kappa shape index (κ2) is 4.55. The van der Waals surface area contributed by atoms with Gasteiger partial charge in [-0.25, -0.2) is 4.98 Å². The van der Waals surface area contributed by atoms with E-state index in [1.54, 1.807) is 0 Å². The lowest BCUT2D eigenvalue weighted by Crippen LogP contribution is -2.32. The van der Waals surface area contributed by atoms with Gasteiger partial charge < -0.3 is 15.2 Å². The first-order valence-electron chi connectivity index (χ1n) is 4.61. The van der Waals surface area contributed by atoms with Gasteiger partial charge in [0.2, 0.25) is 12.4 Å². The second-order valence-corrected chi connectivity index (χ2v) is 4.10. The molecule has 0 aliphatic heterocycles. The average molecular weight is 214 g/mol. The van der Waals surface area contributed by atoms with E-state index in [2.05, 4.69) is 10.3 Å². The zero-order valence-corrected chi connectivity index (χ0v) is 8.99. The smallest absolute Gasteiger partial charge is 0.235 e. The molecule has 0 radical (unpaired) electrons. The highest BCUT2D eigenvalue weighted by Crippen LogP contribution is 2.12. The van der Waals surface area contributed by atoms with Gasteiger partial charge in [-0.15, -0.1) is 0 Å². The van der Waals surface area contributed by atoms with Crippen LogP contribution in [0.2, 0.25) is 0 Å². The maximum atomic E-state index is 12.5. The Labute approximate surface area is 88.1 Å². The van der Waals surface area contributed by atoms with Gasteiger partial charge >= 0.3 is 0 Å². The first-order valence-corrected chi connectivity index (χ1v) is 4.61. The van der Waals surface area contributed by atoms with Crippen LogP contribution in [0.1, 0.15) is 20.8 Å². The van der Waals surface area contributed by atoms with Gasteiger partial charge in [-0.2, -0.15) is 4.39 Å². The summed E-state index contributed by atoms with van der Waals surface area (Å²) in [5, 5.41) is 12.1. The molecule has 0 saturated heterocycles. The van der Waals surface area contributed by atoms with E-state index < -0.39 is 18.0 Å². The van der Waals surface area contributed by atoms with Crippen LogP contribution in [0.3, 0.4) is 0 Å². The zero-order chi connectivity index (χ0) is 11.5. The summed E-state index contributed by atoms with van der Waals surface area (Å²) in [6.45, 7) is 5.46. The van der Waals surface area contributed by atoms with Gasteiger partial charge in [0, 0.05) is 0 Å². The molecule has 0 spiro atoms. The van der Waals surface area contributed by atoms with Crippen molar-refractivity contribution >= 4 is 5.69 Å². The summed E-state index contributed by atoms with van der Waals surface area (Å²) in [5.74, 6) is -0.563. The van der Waals surface area contributed by atoms with Crippen molar-refractivity contribution in [3.63, 3.8) is 0 Å². The van der Waals surface area contributed by atoms with Crippen LogP contribution in [-0.2, 0) is 4.74 Å². The Bertz CT molecular complexity index is 308. The minimum Gasteiger partial charge on any atom is -0.351 e. The molecule has 0 aromatic carbocycles. The molecule has 0 saturated carbocycles. The maximum absolute atomic E-state index is 12.5. The topological polar surface area (TPSA) is 54.4 Å². The molecule has 0 amide bonds. The Morgan fingerprint density at radius 3 is 2.60 bits per heavy atom. The van der Waals surface area contributed by atoms with Crippen LogP contribution in [0.15, 0.2) is 18.3 Å². The summed E-state index contributed by atoms with van der Waals surface area (Å²) in [4.78, 5) is 3.43. The van der Waals surface area contributed by atoms with E-state index in [1.165, 1.54) is 18.3 Å². The number of aliphatic hydroxyl groups is 1. The molecule has 0 aliphatic rings. The summed E-state index contributed by atoms with van der Waals surface area (Å²) in [6.07, 6.45) is 0.141. The standard InChI is InChI=1S/C10H15FN2O2/c1-10(2,3)15-9(14)13-7-4-5-8(11)12-6-7/h4-6,9,13-14H,1-3H3. The first kappa shape index (κ1) is 11.9. The average Bonchev–Trinajstić information content (AvgIpc) is 2.05. The SMILES string of the molecule is CC(C)(C)OC(O)Nc1ccc(F)nc1. The molecule has 1 aromatic heterocycles. The van der Waals surface area contributed by atoms with Crippen LogP contribution in [0.25, 0.3) is 0 Å². The van der Waals surface area contributed by atoms with Crippen LogP contribution in [0, 0.1) is 5.95 Å². The van der Waals surface area contributed by atoms with Crippen molar-refractivity contribution in [1.82, 2.24) is 4.98 Å². The van der Waals surface area contributed by atoms with Gasteiger partial charge in [0.05, 0.1) is 17.5 Å². The number of hydrogen-bond donors (Lipinski definition) is 2. The predicted molar refractivity (Wildman–Crippen MR) is 54.7 cm³/mol. The third-order valence-corrected chi connectivity index (χ3v) is 1.48. The lowest BCUT2D eigenvalue weighted by atomic mass is 10.2. The minimum atomic E-state index is -1.14. The molecule has 15 heavy (non-hydrogen) atoms. The quantitative estimate of drug-likeness (QED) is 0.594. The van der Waals surface area contributed by atoms with Crippen molar-refractivity contribution < 1.29 is 14.2 Å². The van der Waals surface area contributed by atoms with Gasteiger partial charge in [0.25, 0.3) is 0 Å². The fraction of sp³-hybridized carbons (Fsp3) is 0.500. The van der Waals surface area contributed by atoms with Crippen molar-refractivity contribution in [3.8, 4) is 0 Å². The predicted octanol–water partition coefficient (Wildman–Crippen LogP) is 1.72. The van der Waals surface area contributed by atoms with Crippen molar-refractivity contribution in [2.75, 3.05) is 5.32 Å². The summed E-state index contributed by atoms with van der Waals surface area (Å²) < 4.78 is 17.7. The first-order chi connectivity index (χ1) is 6.87. The summed E-state index contributed by atoms with van der Waals surface area (Å²) in [6, 6.07) is 2.67. The number of rotatable bonds is 3. The second-order valence-electron chi connectivity index (χ2n) is 4.10. The van der Waals surface area contributed by atoms with E-state index in [1.807, 2.05) is 20.8 Å². The number of nitrogens with one attached hydrogen (secondary N) is 1. The Hall–Kier alpha value is -1.20. The normalized spacial score (nSPS) is 13.7. The number of ether oxygens (including phenoxy) is 1. The molecule has 0 bridgehead atoms. The highest BCUT2D eigenvalue weighted by atomic mass is 19.1. The summed E-state index contributed by atoms with van der Waals surface area (Å²) >= 11 is 0. The van der Waals surface area contributed by atoms with Crippen molar-refractivity contribution in [2.45, 2.75) is 32.8 Å². The molecule has 1 rings (SSSR count). The van der Waals surface area contributed by atoms with Crippen molar-refractivity contribution in [3.05, 3.63) is 24.3 Å². The minimum absolute atomic E-state index is 0.458. The molecule has 4 nitrogen and oxygen atoms in total. The van der Waals surface area contributed by atoms with Gasteiger partial charge in [-0.05, 0) is 32.9 Å². The molecular formula is C10H15FN2O2. The monoisotopic (exact) mass is 214 g/mol. The van der Waals surface area contributed by atoms with Crippen LogP contribution in [0.4, 0.5) is 10.1 Å². The Kier molecular flexibility index (Phi) is 3.60. The lowest BCUT2D eigenvalue weighted by Gasteiger charge is -2.24. The van der Waals surface area contributed by atoms with E-state index in [-0.39, 0.29) is 0 Å². The number of aliphatic hydroxyl groups excluding tert-OH is 1. The Balaban J connectivity index is 2.51. The molecule has 84 valence electrons. The van der Waals surface area contributed by atoms with Gasteiger partial charge in [0.1, 0.15) is 0 Å². The van der Waals surface area contributed by atoms with E-state index in [0.717, 1.165) is 0 Å². The van der Waals surface area contributed by atoms with Gasteiger partial charge in [0.15, 0.2) is 0 Å². The number of nitrogens with zero attached hydrogens (tertiary/aromatic N) is 1. The van der Waals surface area contributed by atoms with Crippen LogP contribution < -0.4 is 5.32 Å². The molecule has 1 atom stereocenters. The van der Waals surface area contributed by atoms with Gasteiger partial charge in [-0.3, -0.25) is 0 Å². The van der Waals surface area contributed by atoms with Crippen LogP contribution in [0.5, 0.6) is 0 Å². The lowest BCUT2D eigenvalue weighted by molar-refractivity contribution is -0.148. The summed E-state index contributed by atoms with van der Waals surface area (Å²) in [5.41, 5.74) is 0.0352. The number of aromatic nitrogens is 1. The number of hydrogen-bond acceptors (Lipinski definition) is 4. The van der Waals surface area contributed by atoms with E-state index in [4.69, 9.17) is 4.74 Å². The van der Waals surface area contributed by atoms with Gasteiger partial charge in [-0.1, -0.05) is 0 Å². The molecule has 1 heterocycles. The maximum Gasteiger partial charge on any atom is 0.235 e. The summed E-state index contributed by atoms with van der Waals surface area (Å²) in [7, 11) is 0. The molecule has 5 heteroatoms. The van der Waals surface area contributed by atoms with E-state index in [9.17, 15) is 9.50 Å². The van der Waals surface area contributed by atoms with Crippen LogP contribution >= 0.6 is 0 Å². The molecule has 1 aromatic rings. The molecule has 0 fully saturated rings. The molecule has 2 N–H and O–H groups in total. The Morgan fingerprint density at radius 2 is 2.13 bits per heavy atom. The van der Waals surface area contributed by atoms with E-state index in [0.29, 0.717) is 5.69 Å². The highest BCUT2D eigenvalue weighted by Gasteiger charge is 2.16. The third-order valence-electron chi connectivity index (χ3n) is 1.48. The fourth-order valence-corrected chi connectivity index (χ4v) is 0.968. The zero-order valence-electron chi connectivity index (χ0n) is 8.99.